The molecule has 0 radical (unpaired) electrons. The molecule has 0 unspecified atom stereocenters. The minimum absolute atomic E-state index is 0.245. The Morgan fingerprint density at radius 1 is 1.05 bits per heavy atom. The molecule has 1 rings (SSSR count). The third kappa shape index (κ3) is 4.23. The van der Waals surface area contributed by atoms with Gasteiger partial charge in [0.05, 0.1) is 12.2 Å². The number of hydrogen-bond acceptors (Lipinski definition) is 3. The number of carbonyl (C=O) groups excluding carboxylic acids is 1. The highest BCUT2D eigenvalue weighted by Gasteiger charge is 2.28. The molecular weight excluding hydrogens is 264 g/mol. The first-order chi connectivity index (χ1) is 9.48. The molecule has 0 saturated carbocycles. The molecule has 3 heteroatoms. The van der Waals surface area contributed by atoms with Crippen LogP contribution in [0.25, 0.3) is 0 Å². The monoisotopic (exact) mass is 292 g/mol. The molecule has 0 saturated heterocycles. The first-order valence-corrected chi connectivity index (χ1v) is 7.53. The van der Waals surface area contributed by atoms with Gasteiger partial charge >= 0.3 is 5.97 Å². The highest BCUT2D eigenvalue weighted by Crippen LogP contribution is 2.39. The van der Waals surface area contributed by atoms with E-state index in [4.69, 9.17) is 4.74 Å². The van der Waals surface area contributed by atoms with E-state index in [0.717, 1.165) is 17.5 Å². The van der Waals surface area contributed by atoms with Crippen LogP contribution in [0.2, 0.25) is 0 Å². The summed E-state index contributed by atoms with van der Waals surface area (Å²) in [7, 11) is 0. The molecule has 1 N–H and O–H groups in total. The summed E-state index contributed by atoms with van der Waals surface area (Å²) in [5.41, 5.74) is 1.57. The molecule has 118 valence electrons. The maximum Gasteiger partial charge on any atom is 0.338 e. The molecule has 0 heterocycles. The Morgan fingerprint density at radius 2 is 1.48 bits per heavy atom. The van der Waals surface area contributed by atoms with E-state index in [9.17, 15) is 9.90 Å². The van der Waals surface area contributed by atoms with Crippen molar-refractivity contribution in [3.63, 3.8) is 0 Å². The molecule has 0 atom stereocenters. The molecule has 0 bridgehead atoms. The molecule has 0 spiro atoms. The third-order valence-corrected chi connectivity index (χ3v) is 3.40. The first kappa shape index (κ1) is 17.5. The predicted molar refractivity (Wildman–Crippen MR) is 86.1 cm³/mol. The van der Waals surface area contributed by atoms with E-state index in [0.29, 0.717) is 12.2 Å². The minimum Gasteiger partial charge on any atom is -0.507 e. The van der Waals surface area contributed by atoms with Crippen LogP contribution in [0.1, 0.15) is 76.4 Å². The Hall–Kier alpha value is -1.51. The van der Waals surface area contributed by atoms with E-state index >= 15 is 0 Å². The number of phenolic OH excluding ortho intramolecular Hbond substituents is 1. The summed E-state index contributed by atoms with van der Waals surface area (Å²) in [5.74, 6) is -0.0464. The van der Waals surface area contributed by atoms with Crippen molar-refractivity contribution in [2.24, 2.45) is 0 Å². The van der Waals surface area contributed by atoms with Gasteiger partial charge in [0.2, 0.25) is 0 Å². The van der Waals surface area contributed by atoms with Gasteiger partial charge in [-0.15, -0.1) is 0 Å². The standard InChI is InChI=1S/C18H28O3/c1-8-9-21-16(20)12-10-13(17(2,3)4)15(19)14(11-12)18(5,6)7/h10-11,19H,8-9H2,1-7H3. The Kier molecular flexibility index (Phi) is 5.08. The molecule has 1 aromatic rings. The molecule has 3 nitrogen and oxygen atoms in total. The second kappa shape index (κ2) is 6.08. The second-order valence-corrected chi connectivity index (χ2v) is 7.56. The largest absolute Gasteiger partial charge is 0.507 e. The maximum absolute atomic E-state index is 12.2. The van der Waals surface area contributed by atoms with Crippen LogP contribution < -0.4 is 0 Å². The van der Waals surface area contributed by atoms with E-state index in [1.54, 1.807) is 12.1 Å². The van der Waals surface area contributed by atoms with E-state index in [-0.39, 0.29) is 22.5 Å². The molecule has 0 aliphatic rings. The summed E-state index contributed by atoms with van der Waals surface area (Å²) in [6, 6.07) is 3.51. The second-order valence-electron chi connectivity index (χ2n) is 7.56. The Balaban J connectivity index is 3.44. The van der Waals surface area contributed by atoms with Crippen molar-refractivity contribution >= 4 is 5.97 Å². The van der Waals surface area contributed by atoms with Gasteiger partial charge in [-0.05, 0) is 29.4 Å². The number of aromatic hydroxyl groups is 1. The molecule has 0 aromatic heterocycles. The molecule has 0 aliphatic carbocycles. The lowest BCUT2D eigenvalue weighted by Gasteiger charge is -2.27. The van der Waals surface area contributed by atoms with Crippen molar-refractivity contribution in [2.75, 3.05) is 6.61 Å². The summed E-state index contributed by atoms with van der Waals surface area (Å²) in [6.45, 7) is 14.5. The van der Waals surface area contributed by atoms with E-state index in [1.807, 2.05) is 48.5 Å². The number of rotatable bonds is 3. The fourth-order valence-corrected chi connectivity index (χ4v) is 2.17. The van der Waals surface area contributed by atoms with Crippen LogP contribution >= 0.6 is 0 Å². The average Bonchev–Trinajstić information content (AvgIpc) is 2.33. The summed E-state index contributed by atoms with van der Waals surface area (Å²) < 4.78 is 5.23. The maximum atomic E-state index is 12.2. The molecule has 0 fully saturated rings. The van der Waals surface area contributed by atoms with Crippen LogP contribution in [-0.2, 0) is 15.6 Å². The topological polar surface area (TPSA) is 46.5 Å². The molecule has 0 aliphatic heterocycles. The minimum atomic E-state index is -0.326. The summed E-state index contributed by atoms with van der Waals surface area (Å²) in [4.78, 5) is 12.2. The lowest BCUT2D eigenvalue weighted by molar-refractivity contribution is 0.0504. The van der Waals surface area contributed by atoms with Crippen molar-refractivity contribution in [2.45, 2.75) is 65.7 Å². The van der Waals surface area contributed by atoms with Gasteiger partial charge in [-0.25, -0.2) is 4.79 Å². The highest BCUT2D eigenvalue weighted by atomic mass is 16.5. The number of benzene rings is 1. The lowest BCUT2D eigenvalue weighted by atomic mass is 9.78. The van der Waals surface area contributed by atoms with Crippen LogP contribution in [0.4, 0.5) is 0 Å². The zero-order valence-corrected chi connectivity index (χ0v) is 14.3. The van der Waals surface area contributed by atoms with Gasteiger partial charge in [0, 0.05) is 11.1 Å². The zero-order chi connectivity index (χ0) is 16.4. The smallest absolute Gasteiger partial charge is 0.338 e. The molecular formula is C18H28O3. The van der Waals surface area contributed by atoms with Crippen LogP contribution in [0.15, 0.2) is 12.1 Å². The van der Waals surface area contributed by atoms with Crippen molar-refractivity contribution in [3.05, 3.63) is 28.8 Å². The Labute approximate surface area is 128 Å². The van der Waals surface area contributed by atoms with Crippen molar-refractivity contribution in [1.29, 1.82) is 0 Å². The number of hydrogen-bond donors (Lipinski definition) is 1. The van der Waals surface area contributed by atoms with Crippen molar-refractivity contribution in [1.82, 2.24) is 0 Å². The first-order valence-electron chi connectivity index (χ1n) is 7.53. The van der Waals surface area contributed by atoms with Crippen LogP contribution in [0.5, 0.6) is 5.75 Å². The van der Waals surface area contributed by atoms with Crippen molar-refractivity contribution < 1.29 is 14.6 Å². The van der Waals surface area contributed by atoms with Gasteiger partial charge < -0.3 is 9.84 Å². The van der Waals surface area contributed by atoms with Crippen LogP contribution in [0.3, 0.4) is 0 Å². The number of ether oxygens (including phenoxy) is 1. The summed E-state index contributed by atoms with van der Waals surface area (Å²) in [6.07, 6.45) is 0.794. The van der Waals surface area contributed by atoms with Crippen LogP contribution in [0, 0.1) is 0 Å². The van der Waals surface area contributed by atoms with Gasteiger partial charge in [-0.1, -0.05) is 48.5 Å². The highest BCUT2D eigenvalue weighted by molar-refractivity contribution is 5.90. The Morgan fingerprint density at radius 3 is 1.81 bits per heavy atom. The van der Waals surface area contributed by atoms with Gasteiger partial charge in [-0.3, -0.25) is 0 Å². The third-order valence-electron chi connectivity index (χ3n) is 3.40. The van der Waals surface area contributed by atoms with Gasteiger partial charge in [0.1, 0.15) is 5.75 Å². The van der Waals surface area contributed by atoms with E-state index in [2.05, 4.69) is 0 Å². The number of esters is 1. The predicted octanol–water partition coefficient (Wildman–Crippen LogP) is 4.55. The van der Waals surface area contributed by atoms with Gasteiger partial charge in [0.25, 0.3) is 0 Å². The zero-order valence-electron chi connectivity index (χ0n) is 14.3. The van der Waals surface area contributed by atoms with Gasteiger partial charge in [0.15, 0.2) is 0 Å². The van der Waals surface area contributed by atoms with Crippen molar-refractivity contribution in [3.8, 4) is 5.75 Å². The fourth-order valence-electron chi connectivity index (χ4n) is 2.17. The van der Waals surface area contributed by atoms with Crippen LogP contribution in [-0.4, -0.2) is 17.7 Å². The SMILES string of the molecule is CCCOC(=O)c1cc(C(C)(C)C)c(O)c(C(C)(C)C)c1. The molecule has 1 aromatic carbocycles. The summed E-state index contributed by atoms with van der Waals surface area (Å²) >= 11 is 0. The number of phenols is 1. The average molecular weight is 292 g/mol. The van der Waals surface area contributed by atoms with E-state index < -0.39 is 0 Å². The Bertz CT molecular complexity index is 481. The quantitative estimate of drug-likeness (QED) is 0.831. The normalized spacial score (nSPS) is 12.3. The molecule has 0 amide bonds. The summed E-state index contributed by atoms with van der Waals surface area (Å²) in [5, 5.41) is 10.6. The fraction of sp³-hybridized carbons (Fsp3) is 0.611. The number of carbonyl (C=O) groups is 1. The molecule has 21 heavy (non-hydrogen) atoms. The van der Waals surface area contributed by atoms with Gasteiger partial charge in [-0.2, -0.15) is 0 Å². The van der Waals surface area contributed by atoms with E-state index in [1.165, 1.54) is 0 Å². The lowest BCUT2D eigenvalue weighted by Crippen LogP contribution is -2.19.